The van der Waals surface area contributed by atoms with Crippen LogP contribution in [-0.2, 0) is 14.6 Å². The minimum absolute atomic E-state index is 0.0335. The molecule has 0 aliphatic carbocycles. The van der Waals surface area contributed by atoms with E-state index in [1.807, 2.05) is 0 Å². The third-order valence-electron chi connectivity index (χ3n) is 3.21. The monoisotopic (exact) mass is 293 g/mol. The number of ether oxygens (including phenoxy) is 1. The highest BCUT2D eigenvalue weighted by Gasteiger charge is 2.34. The molecule has 0 bridgehead atoms. The van der Waals surface area contributed by atoms with Crippen LogP contribution >= 0.6 is 0 Å². The first kappa shape index (κ1) is 16.2. The molecular formula is C12H23NO5S. The number of hydrogen-bond acceptors (Lipinski definition) is 5. The fourth-order valence-electron chi connectivity index (χ4n) is 2.22. The van der Waals surface area contributed by atoms with Gasteiger partial charge >= 0.3 is 6.09 Å². The van der Waals surface area contributed by atoms with Crippen molar-refractivity contribution in [3.05, 3.63) is 0 Å². The zero-order chi connectivity index (χ0) is 14.3. The average Bonchev–Trinajstić information content (AvgIpc) is 2.69. The molecule has 1 rings (SSSR count). The number of unbranched alkanes of at least 4 members (excludes halogenated alkanes) is 2. The van der Waals surface area contributed by atoms with Gasteiger partial charge in [-0.2, -0.15) is 0 Å². The normalized spacial score (nSPS) is 21.3. The van der Waals surface area contributed by atoms with Crippen LogP contribution in [0.4, 0.5) is 4.79 Å². The molecular weight excluding hydrogens is 270 g/mol. The van der Waals surface area contributed by atoms with Crippen LogP contribution in [0.5, 0.6) is 0 Å². The van der Waals surface area contributed by atoms with Gasteiger partial charge in [-0.3, -0.25) is 0 Å². The van der Waals surface area contributed by atoms with E-state index in [0.29, 0.717) is 19.4 Å². The van der Waals surface area contributed by atoms with E-state index in [4.69, 9.17) is 9.84 Å². The van der Waals surface area contributed by atoms with Crippen molar-refractivity contribution in [2.24, 2.45) is 0 Å². The standard InChI is InChI=1S/C12H23NO5S/c1-2-18-12(15)13(7-4-3-5-8-14)11-6-9-19(16,17)10-11/h11,14H,2-10H2,1H3/t11-/m0/s1. The highest BCUT2D eigenvalue weighted by atomic mass is 32.2. The molecule has 112 valence electrons. The van der Waals surface area contributed by atoms with Crippen molar-refractivity contribution in [3.63, 3.8) is 0 Å². The van der Waals surface area contributed by atoms with E-state index in [1.165, 1.54) is 4.90 Å². The molecule has 0 spiro atoms. The van der Waals surface area contributed by atoms with Crippen molar-refractivity contribution < 1.29 is 23.1 Å². The molecule has 19 heavy (non-hydrogen) atoms. The summed E-state index contributed by atoms with van der Waals surface area (Å²) in [6.07, 6.45) is 2.30. The molecule has 0 aromatic carbocycles. The third-order valence-corrected chi connectivity index (χ3v) is 4.96. The van der Waals surface area contributed by atoms with Crippen LogP contribution in [0.3, 0.4) is 0 Å². The number of hydrogen-bond donors (Lipinski definition) is 1. The summed E-state index contributed by atoms with van der Waals surface area (Å²) in [5.74, 6) is 0.177. The Labute approximate surface area is 114 Å². The number of aliphatic hydroxyl groups excluding tert-OH is 1. The van der Waals surface area contributed by atoms with E-state index in [1.54, 1.807) is 6.92 Å². The Hall–Kier alpha value is -0.820. The topological polar surface area (TPSA) is 83.9 Å². The molecule has 6 nitrogen and oxygen atoms in total. The minimum atomic E-state index is -3.01. The zero-order valence-corrected chi connectivity index (χ0v) is 12.2. The fourth-order valence-corrected chi connectivity index (χ4v) is 3.95. The molecule has 0 saturated carbocycles. The Kier molecular flexibility index (Phi) is 6.57. The summed E-state index contributed by atoms with van der Waals surface area (Å²) in [5, 5.41) is 8.72. The van der Waals surface area contributed by atoms with Crippen molar-refractivity contribution in [2.45, 2.75) is 38.6 Å². The number of aliphatic hydroxyl groups is 1. The van der Waals surface area contributed by atoms with Crippen LogP contribution in [0.2, 0.25) is 0 Å². The van der Waals surface area contributed by atoms with Gasteiger partial charge < -0.3 is 14.7 Å². The minimum Gasteiger partial charge on any atom is -0.450 e. The molecule has 1 amide bonds. The van der Waals surface area contributed by atoms with Gasteiger partial charge in [0.1, 0.15) is 0 Å². The van der Waals surface area contributed by atoms with Crippen LogP contribution in [-0.4, -0.2) is 61.8 Å². The van der Waals surface area contributed by atoms with E-state index in [-0.39, 0.29) is 30.8 Å². The molecule has 1 aliphatic rings. The summed E-state index contributed by atoms with van der Waals surface area (Å²) in [5.41, 5.74) is 0. The molecule has 1 N–H and O–H groups in total. The highest BCUT2D eigenvalue weighted by molar-refractivity contribution is 7.91. The highest BCUT2D eigenvalue weighted by Crippen LogP contribution is 2.19. The number of amides is 1. The predicted octanol–water partition coefficient (Wildman–Crippen LogP) is 0.795. The van der Waals surface area contributed by atoms with Gasteiger partial charge in [-0.05, 0) is 32.6 Å². The smallest absolute Gasteiger partial charge is 0.410 e. The Morgan fingerprint density at radius 2 is 2.11 bits per heavy atom. The Balaban J connectivity index is 2.56. The third kappa shape index (κ3) is 5.36. The summed E-state index contributed by atoms with van der Waals surface area (Å²) >= 11 is 0. The molecule has 1 aliphatic heterocycles. The maximum Gasteiger partial charge on any atom is 0.410 e. The number of rotatable bonds is 7. The molecule has 0 unspecified atom stereocenters. The lowest BCUT2D eigenvalue weighted by atomic mass is 10.2. The second-order valence-electron chi connectivity index (χ2n) is 4.73. The second-order valence-corrected chi connectivity index (χ2v) is 6.96. The van der Waals surface area contributed by atoms with E-state index in [9.17, 15) is 13.2 Å². The summed E-state index contributed by atoms with van der Waals surface area (Å²) < 4.78 is 28.0. The number of sulfone groups is 1. The lowest BCUT2D eigenvalue weighted by Crippen LogP contribution is -2.42. The van der Waals surface area contributed by atoms with Gasteiger partial charge in [0.05, 0.1) is 18.1 Å². The lowest BCUT2D eigenvalue weighted by Gasteiger charge is -2.27. The van der Waals surface area contributed by atoms with Crippen LogP contribution in [0, 0.1) is 0 Å². The summed E-state index contributed by atoms with van der Waals surface area (Å²) in [6, 6.07) is -0.266. The first-order chi connectivity index (χ1) is 9.00. The number of nitrogens with zero attached hydrogens (tertiary/aromatic N) is 1. The lowest BCUT2D eigenvalue weighted by molar-refractivity contribution is 0.0930. The Morgan fingerprint density at radius 3 is 2.63 bits per heavy atom. The van der Waals surface area contributed by atoms with Crippen LogP contribution in [0.25, 0.3) is 0 Å². The van der Waals surface area contributed by atoms with Gasteiger partial charge in [0, 0.05) is 19.2 Å². The summed E-state index contributed by atoms with van der Waals surface area (Å²) in [6.45, 7) is 2.63. The first-order valence-electron chi connectivity index (χ1n) is 6.75. The van der Waals surface area contributed by atoms with Crippen molar-refractivity contribution in [1.29, 1.82) is 0 Å². The predicted molar refractivity (Wildman–Crippen MR) is 71.7 cm³/mol. The van der Waals surface area contributed by atoms with E-state index >= 15 is 0 Å². The molecule has 0 radical (unpaired) electrons. The van der Waals surface area contributed by atoms with Crippen molar-refractivity contribution in [1.82, 2.24) is 4.90 Å². The van der Waals surface area contributed by atoms with Gasteiger partial charge in [0.2, 0.25) is 0 Å². The van der Waals surface area contributed by atoms with Crippen LogP contribution in [0.15, 0.2) is 0 Å². The quantitative estimate of drug-likeness (QED) is 0.702. The first-order valence-corrected chi connectivity index (χ1v) is 8.57. The van der Waals surface area contributed by atoms with Crippen molar-refractivity contribution in [3.8, 4) is 0 Å². The molecule has 1 fully saturated rings. The zero-order valence-electron chi connectivity index (χ0n) is 11.4. The second kappa shape index (κ2) is 7.69. The average molecular weight is 293 g/mol. The molecule has 1 heterocycles. The van der Waals surface area contributed by atoms with E-state index in [2.05, 4.69) is 0 Å². The molecule has 7 heteroatoms. The molecule has 0 aromatic heterocycles. The Morgan fingerprint density at radius 1 is 1.37 bits per heavy atom. The van der Waals surface area contributed by atoms with Crippen molar-refractivity contribution in [2.75, 3.05) is 31.3 Å². The van der Waals surface area contributed by atoms with E-state index in [0.717, 1.165) is 12.8 Å². The van der Waals surface area contributed by atoms with Gasteiger partial charge in [0.25, 0.3) is 0 Å². The largest absolute Gasteiger partial charge is 0.450 e. The van der Waals surface area contributed by atoms with Crippen molar-refractivity contribution >= 4 is 15.9 Å². The maximum atomic E-state index is 11.9. The molecule has 0 aromatic rings. The summed E-state index contributed by atoms with van der Waals surface area (Å²) in [4.78, 5) is 13.4. The number of carbonyl (C=O) groups is 1. The van der Waals surface area contributed by atoms with Gasteiger partial charge in [-0.1, -0.05) is 0 Å². The van der Waals surface area contributed by atoms with Crippen LogP contribution < -0.4 is 0 Å². The SMILES string of the molecule is CCOC(=O)N(CCCCCO)[C@H]1CCS(=O)(=O)C1. The maximum absolute atomic E-state index is 11.9. The number of carbonyl (C=O) groups excluding carboxylic acids is 1. The van der Waals surface area contributed by atoms with Gasteiger partial charge in [-0.15, -0.1) is 0 Å². The molecule has 1 atom stereocenters. The van der Waals surface area contributed by atoms with Gasteiger partial charge in [0.15, 0.2) is 9.84 Å². The van der Waals surface area contributed by atoms with Gasteiger partial charge in [-0.25, -0.2) is 13.2 Å². The fraction of sp³-hybridized carbons (Fsp3) is 0.917. The summed E-state index contributed by atoms with van der Waals surface area (Å²) in [7, 11) is -3.01. The van der Waals surface area contributed by atoms with E-state index < -0.39 is 15.9 Å². The Bertz CT molecular complexity index is 382. The van der Waals surface area contributed by atoms with Crippen LogP contribution in [0.1, 0.15) is 32.6 Å². The molecule has 1 saturated heterocycles.